The van der Waals surface area contributed by atoms with Gasteiger partial charge < -0.3 is 24.9 Å². The van der Waals surface area contributed by atoms with E-state index in [1.54, 1.807) is 18.2 Å². The lowest BCUT2D eigenvalue weighted by Crippen LogP contribution is -2.40. The van der Waals surface area contributed by atoms with Crippen molar-refractivity contribution in [3.05, 3.63) is 41.5 Å². The van der Waals surface area contributed by atoms with Gasteiger partial charge >= 0.3 is 0 Å². The topological polar surface area (TPSA) is 97.8 Å². The van der Waals surface area contributed by atoms with Crippen LogP contribution < -0.4 is 19.8 Å². The minimum atomic E-state index is -2.65. The third kappa shape index (κ3) is 6.09. The third-order valence-corrected chi connectivity index (χ3v) is 9.00. The lowest BCUT2D eigenvalue weighted by molar-refractivity contribution is -0.0221. The van der Waals surface area contributed by atoms with E-state index in [1.807, 2.05) is 24.0 Å². The number of piperidine rings is 2. The van der Waals surface area contributed by atoms with Crippen molar-refractivity contribution in [3.8, 4) is 0 Å². The number of rotatable bonds is 8. The Morgan fingerprint density at radius 2 is 1.71 bits per heavy atom. The van der Waals surface area contributed by atoms with Crippen molar-refractivity contribution in [2.75, 3.05) is 58.4 Å². The number of carbonyl (C=O) groups is 1. The van der Waals surface area contributed by atoms with Gasteiger partial charge in [0.1, 0.15) is 22.6 Å². The molecule has 3 heterocycles. The van der Waals surface area contributed by atoms with Crippen LogP contribution in [0.25, 0.3) is 0 Å². The van der Waals surface area contributed by atoms with Crippen molar-refractivity contribution in [2.24, 2.45) is 5.41 Å². The highest BCUT2D eigenvalue weighted by molar-refractivity contribution is 7.86. The van der Waals surface area contributed by atoms with E-state index in [-0.39, 0.29) is 44.2 Å². The van der Waals surface area contributed by atoms with Crippen LogP contribution in [-0.2, 0) is 11.0 Å². The molecule has 3 aliphatic rings. The molecule has 3 fully saturated rings. The number of hydrogen-bond acceptors (Lipinski definition) is 6. The van der Waals surface area contributed by atoms with Crippen molar-refractivity contribution in [2.45, 2.75) is 51.4 Å². The molecule has 0 radical (unpaired) electrons. The number of amides is 1. The molecule has 1 saturated carbocycles. The van der Waals surface area contributed by atoms with Crippen LogP contribution in [0.3, 0.4) is 0 Å². The Hall–Kier alpha value is -2.79. The van der Waals surface area contributed by atoms with Gasteiger partial charge in [0.05, 0.1) is 23.6 Å². The molecule has 1 atom stereocenters. The minimum absolute atomic E-state index is 0.111. The predicted molar refractivity (Wildman–Crippen MR) is 147 cm³/mol. The molecule has 1 unspecified atom stereocenters. The van der Waals surface area contributed by atoms with E-state index in [1.165, 1.54) is 12.8 Å². The van der Waals surface area contributed by atoms with Gasteiger partial charge in [-0.2, -0.15) is 0 Å². The molecule has 3 N–H and O–H groups in total. The number of aryl methyl sites for hydroxylation is 1. The summed E-state index contributed by atoms with van der Waals surface area (Å²) in [5.41, 5.74) is 3.19. The zero-order valence-electron chi connectivity index (χ0n) is 21.6. The third-order valence-electron chi connectivity index (χ3n) is 7.98. The van der Waals surface area contributed by atoms with Gasteiger partial charge in [0.15, 0.2) is 0 Å². The zero-order chi connectivity index (χ0) is 26.9. The van der Waals surface area contributed by atoms with Crippen LogP contribution in [0.5, 0.6) is 0 Å². The van der Waals surface area contributed by atoms with E-state index in [9.17, 15) is 17.8 Å². The molecule has 5 rings (SSSR count). The maximum atomic E-state index is 13.7. The number of hydrogen-bond donors (Lipinski definition) is 3. The molecule has 8 nitrogen and oxygen atoms in total. The SMILES string of the molecule is Cc1ccc(NC(=O)c2ccc(NS(=O)CCO)cc2N2CCC3(CC2)CC3)nc1N1CCC(F)(F)CC1. The standard InChI is InChI=1S/C27H35F2N5O3S/c1-19-2-5-23(30-24(19)34-14-10-27(28,29)11-15-34)31-25(36)21-4-3-20(32-38(37)17-16-35)18-22(21)33-12-8-26(6-7-26)9-13-33/h2-5,18,32,35H,6-17H2,1H3,(H,30,31,36). The Balaban J connectivity index is 1.36. The molecule has 1 amide bonds. The summed E-state index contributed by atoms with van der Waals surface area (Å²) in [4.78, 5) is 22.2. The van der Waals surface area contributed by atoms with Gasteiger partial charge in [-0.25, -0.2) is 18.0 Å². The number of aliphatic hydroxyl groups is 1. The summed E-state index contributed by atoms with van der Waals surface area (Å²) in [5, 5.41) is 12.0. The summed E-state index contributed by atoms with van der Waals surface area (Å²) in [7, 11) is -1.43. The lowest BCUT2D eigenvalue weighted by atomic mass is 9.93. The Labute approximate surface area is 224 Å². The quantitative estimate of drug-likeness (QED) is 0.455. The van der Waals surface area contributed by atoms with Crippen molar-refractivity contribution in [1.82, 2.24) is 4.98 Å². The predicted octanol–water partition coefficient (Wildman–Crippen LogP) is 4.33. The highest BCUT2D eigenvalue weighted by Crippen LogP contribution is 2.54. The van der Waals surface area contributed by atoms with Crippen LogP contribution in [0, 0.1) is 12.3 Å². The van der Waals surface area contributed by atoms with Crippen LogP contribution >= 0.6 is 0 Å². The minimum Gasteiger partial charge on any atom is -0.395 e. The summed E-state index contributed by atoms with van der Waals surface area (Å²) in [6, 6.07) is 8.83. The molecule has 1 aromatic carbocycles. The molecule has 2 aromatic rings. The van der Waals surface area contributed by atoms with Gasteiger partial charge in [0, 0.05) is 44.7 Å². The second-order valence-electron chi connectivity index (χ2n) is 10.7. The highest BCUT2D eigenvalue weighted by Gasteiger charge is 2.44. The van der Waals surface area contributed by atoms with Crippen molar-refractivity contribution in [3.63, 3.8) is 0 Å². The zero-order valence-corrected chi connectivity index (χ0v) is 22.5. The molecule has 2 aliphatic heterocycles. The van der Waals surface area contributed by atoms with Gasteiger partial charge in [0.25, 0.3) is 11.8 Å². The van der Waals surface area contributed by atoms with Crippen LogP contribution in [0.2, 0.25) is 0 Å². The molecule has 11 heteroatoms. The fourth-order valence-corrected chi connectivity index (χ4v) is 6.01. The van der Waals surface area contributed by atoms with Gasteiger partial charge in [0.2, 0.25) is 0 Å². The number of nitrogens with one attached hydrogen (secondary N) is 2. The fourth-order valence-electron chi connectivity index (χ4n) is 5.35. The maximum absolute atomic E-state index is 13.7. The molecule has 1 aromatic heterocycles. The van der Waals surface area contributed by atoms with E-state index in [4.69, 9.17) is 5.11 Å². The van der Waals surface area contributed by atoms with Crippen LogP contribution in [0.1, 0.15) is 54.4 Å². The van der Waals surface area contributed by atoms with Gasteiger partial charge in [-0.15, -0.1) is 0 Å². The second kappa shape index (κ2) is 10.8. The first-order valence-corrected chi connectivity index (χ1v) is 14.6. The first-order valence-electron chi connectivity index (χ1n) is 13.2. The molecule has 206 valence electrons. The number of benzene rings is 1. The number of halogens is 2. The fraction of sp³-hybridized carbons (Fsp3) is 0.556. The van der Waals surface area contributed by atoms with E-state index >= 15 is 0 Å². The van der Waals surface area contributed by atoms with Gasteiger partial charge in [-0.3, -0.25) is 4.79 Å². The highest BCUT2D eigenvalue weighted by atomic mass is 32.2. The average Bonchev–Trinajstić information content (AvgIpc) is 3.64. The molecular weight excluding hydrogens is 512 g/mol. The number of anilines is 4. The van der Waals surface area contributed by atoms with E-state index in [0.717, 1.165) is 37.2 Å². The van der Waals surface area contributed by atoms with Crippen molar-refractivity contribution < 1.29 is 22.9 Å². The Bertz CT molecular complexity index is 1200. The number of alkyl halides is 2. The smallest absolute Gasteiger partial charge is 0.258 e. The summed E-state index contributed by atoms with van der Waals surface area (Å²) in [6.45, 7) is 3.81. The van der Waals surface area contributed by atoms with Crippen LogP contribution in [0.4, 0.5) is 31.8 Å². The largest absolute Gasteiger partial charge is 0.395 e. The Kier molecular flexibility index (Phi) is 7.59. The summed E-state index contributed by atoms with van der Waals surface area (Å²) in [6.07, 6.45) is 4.28. The maximum Gasteiger partial charge on any atom is 0.258 e. The average molecular weight is 548 g/mol. The lowest BCUT2D eigenvalue weighted by Gasteiger charge is -2.35. The van der Waals surface area contributed by atoms with Crippen molar-refractivity contribution >= 4 is 39.9 Å². The molecular formula is C27H35F2N5O3S. The number of pyridine rings is 1. The number of aromatic nitrogens is 1. The molecule has 1 aliphatic carbocycles. The normalized spacial score (nSPS) is 20.7. The number of carbonyl (C=O) groups excluding carboxylic acids is 1. The number of aliphatic hydroxyl groups excluding tert-OH is 1. The molecule has 1 spiro atoms. The Morgan fingerprint density at radius 3 is 2.37 bits per heavy atom. The molecule has 2 saturated heterocycles. The van der Waals surface area contributed by atoms with Gasteiger partial charge in [-0.1, -0.05) is 6.07 Å². The van der Waals surface area contributed by atoms with E-state index < -0.39 is 16.9 Å². The van der Waals surface area contributed by atoms with E-state index in [0.29, 0.717) is 28.3 Å². The van der Waals surface area contributed by atoms with Crippen molar-refractivity contribution in [1.29, 1.82) is 0 Å². The molecule has 38 heavy (non-hydrogen) atoms. The molecule has 0 bridgehead atoms. The van der Waals surface area contributed by atoms with E-state index in [2.05, 4.69) is 19.9 Å². The Morgan fingerprint density at radius 1 is 1.03 bits per heavy atom. The monoisotopic (exact) mass is 547 g/mol. The van der Waals surface area contributed by atoms with Crippen LogP contribution in [0.15, 0.2) is 30.3 Å². The first-order chi connectivity index (χ1) is 18.2. The summed E-state index contributed by atoms with van der Waals surface area (Å²) < 4.78 is 42.4. The summed E-state index contributed by atoms with van der Waals surface area (Å²) >= 11 is 0. The first kappa shape index (κ1) is 26.8. The number of nitrogens with zero attached hydrogens (tertiary/aromatic N) is 3. The second-order valence-corrected chi connectivity index (χ2v) is 12.0. The van der Waals surface area contributed by atoms with Crippen LogP contribution in [-0.4, -0.2) is 64.7 Å². The van der Waals surface area contributed by atoms with Gasteiger partial charge in [-0.05, 0) is 67.9 Å². The summed E-state index contributed by atoms with van der Waals surface area (Å²) in [5.74, 6) is -1.88.